The van der Waals surface area contributed by atoms with Gasteiger partial charge in [0.1, 0.15) is 13.2 Å². The molecule has 0 amide bonds. The predicted octanol–water partition coefficient (Wildman–Crippen LogP) is 17.5. The largest absolute Gasteiger partial charge is 0.462 e. The number of rotatable bonds is 48. The molecular formula is C56H100O6. The minimum atomic E-state index is -0.806. The van der Waals surface area contributed by atoms with E-state index in [4.69, 9.17) is 14.2 Å². The number of allylic oxidation sites excluding steroid dienone is 8. The predicted molar refractivity (Wildman–Crippen MR) is 265 cm³/mol. The van der Waals surface area contributed by atoms with Crippen LogP contribution < -0.4 is 0 Å². The molecular weight excluding hydrogens is 769 g/mol. The van der Waals surface area contributed by atoms with Crippen LogP contribution in [0.25, 0.3) is 0 Å². The monoisotopic (exact) mass is 869 g/mol. The molecule has 0 aliphatic rings. The van der Waals surface area contributed by atoms with Crippen molar-refractivity contribution in [3.05, 3.63) is 48.6 Å². The summed E-state index contributed by atoms with van der Waals surface area (Å²) < 4.78 is 16.7. The summed E-state index contributed by atoms with van der Waals surface area (Å²) in [7, 11) is 0. The Bertz CT molecular complexity index is 1090. The van der Waals surface area contributed by atoms with Gasteiger partial charge in [0.25, 0.3) is 0 Å². The first kappa shape index (κ1) is 59.4. The molecule has 0 fully saturated rings. The lowest BCUT2D eigenvalue weighted by Crippen LogP contribution is -2.30. The summed E-state index contributed by atoms with van der Waals surface area (Å²) >= 11 is 0. The summed E-state index contributed by atoms with van der Waals surface area (Å²) in [6.45, 7) is 6.58. The van der Waals surface area contributed by atoms with Crippen LogP contribution in [-0.4, -0.2) is 37.2 Å². The number of carbonyl (C=O) groups is 3. The Kier molecular flexibility index (Phi) is 48.8. The highest BCUT2D eigenvalue weighted by Crippen LogP contribution is 2.15. The van der Waals surface area contributed by atoms with Gasteiger partial charge in [-0.2, -0.15) is 0 Å². The highest BCUT2D eigenvalue weighted by Gasteiger charge is 2.19. The minimum Gasteiger partial charge on any atom is -0.462 e. The maximum absolute atomic E-state index is 12.7. The van der Waals surface area contributed by atoms with Crippen molar-refractivity contribution in [2.24, 2.45) is 0 Å². The van der Waals surface area contributed by atoms with E-state index in [2.05, 4.69) is 63.3 Å². The molecule has 0 aliphatic heterocycles. The number of unbranched alkanes of at least 4 members (excludes halogenated alkanes) is 30. The molecule has 0 rings (SSSR count). The third-order valence-electron chi connectivity index (χ3n) is 11.6. The Morgan fingerprint density at radius 3 is 1.05 bits per heavy atom. The summed E-state index contributed by atoms with van der Waals surface area (Å²) in [6, 6.07) is 0. The fraction of sp³-hybridized carbons (Fsp3) is 0.804. The highest BCUT2D eigenvalue weighted by atomic mass is 16.6. The summed E-state index contributed by atoms with van der Waals surface area (Å²) in [5.41, 5.74) is 0. The smallest absolute Gasteiger partial charge is 0.306 e. The molecule has 0 N–H and O–H groups in total. The normalized spacial score (nSPS) is 12.4. The maximum atomic E-state index is 12.7. The molecule has 1 atom stereocenters. The molecule has 0 aromatic heterocycles. The average molecular weight is 869 g/mol. The van der Waals surface area contributed by atoms with Crippen LogP contribution in [0.1, 0.15) is 271 Å². The van der Waals surface area contributed by atoms with Gasteiger partial charge in [0, 0.05) is 19.3 Å². The van der Waals surface area contributed by atoms with Crippen molar-refractivity contribution >= 4 is 17.9 Å². The lowest BCUT2D eigenvalue weighted by atomic mass is 10.0. The van der Waals surface area contributed by atoms with E-state index in [0.29, 0.717) is 19.3 Å². The van der Waals surface area contributed by atoms with Gasteiger partial charge >= 0.3 is 17.9 Å². The molecule has 360 valence electrons. The summed E-state index contributed by atoms with van der Waals surface area (Å²) in [5.74, 6) is -0.974. The van der Waals surface area contributed by atoms with Crippen molar-refractivity contribution in [2.45, 2.75) is 277 Å². The molecule has 0 radical (unpaired) electrons. The number of hydrogen-bond donors (Lipinski definition) is 0. The molecule has 0 aliphatic carbocycles. The van der Waals surface area contributed by atoms with Gasteiger partial charge in [-0.3, -0.25) is 14.4 Å². The van der Waals surface area contributed by atoms with Crippen LogP contribution in [0.2, 0.25) is 0 Å². The number of hydrogen-bond acceptors (Lipinski definition) is 6. The van der Waals surface area contributed by atoms with Crippen molar-refractivity contribution in [2.75, 3.05) is 13.2 Å². The van der Waals surface area contributed by atoms with Gasteiger partial charge in [0.15, 0.2) is 6.10 Å². The van der Waals surface area contributed by atoms with Crippen molar-refractivity contribution in [1.29, 1.82) is 0 Å². The van der Waals surface area contributed by atoms with Crippen molar-refractivity contribution < 1.29 is 28.6 Å². The Morgan fingerprint density at radius 1 is 0.339 bits per heavy atom. The van der Waals surface area contributed by atoms with E-state index in [1.165, 1.54) is 154 Å². The van der Waals surface area contributed by atoms with Gasteiger partial charge in [-0.15, -0.1) is 0 Å². The zero-order valence-corrected chi connectivity index (χ0v) is 41.1. The first-order valence-corrected chi connectivity index (χ1v) is 26.7. The number of ether oxygens (including phenoxy) is 3. The van der Waals surface area contributed by atoms with Crippen LogP contribution in [-0.2, 0) is 28.6 Å². The minimum absolute atomic E-state index is 0.0982. The van der Waals surface area contributed by atoms with E-state index in [9.17, 15) is 14.4 Å². The highest BCUT2D eigenvalue weighted by molar-refractivity contribution is 5.71. The first-order valence-electron chi connectivity index (χ1n) is 26.7. The molecule has 6 nitrogen and oxygen atoms in total. The first-order chi connectivity index (χ1) is 30.5. The van der Waals surface area contributed by atoms with E-state index >= 15 is 0 Å². The van der Waals surface area contributed by atoms with Gasteiger partial charge in [0.2, 0.25) is 0 Å². The Balaban J connectivity index is 4.42. The standard InChI is InChI=1S/C56H100O6/c1-4-7-10-13-16-19-22-25-26-27-28-29-32-34-37-40-43-46-49-55(58)61-52-53(62-56(59)50-47-44-41-38-35-31-24-21-18-15-12-9-6-3)51-60-54(57)48-45-42-39-36-33-30-23-20-17-14-11-8-5-2/h26-29,31,35,41,44,53H,4-25,30,32-34,36-40,42-43,45-52H2,1-3H3/b27-26+,29-28+,35-31+,44-41+. The van der Waals surface area contributed by atoms with Gasteiger partial charge in [0.05, 0.1) is 0 Å². The zero-order chi connectivity index (χ0) is 45.1. The fourth-order valence-electron chi connectivity index (χ4n) is 7.55. The molecule has 6 heteroatoms. The van der Waals surface area contributed by atoms with Crippen molar-refractivity contribution in [3.63, 3.8) is 0 Å². The fourth-order valence-corrected chi connectivity index (χ4v) is 7.55. The quantitative estimate of drug-likeness (QED) is 0.0199. The summed E-state index contributed by atoms with van der Waals surface area (Å²) in [4.78, 5) is 37.9. The second-order valence-corrected chi connectivity index (χ2v) is 17.8. The van der Waals surface area contributed by atoms with Gasteiger partial charge < -0.3 is 14.2 Å². The van der Waals surface area contributed by atoms with E-state index in [1.54, 1.807) is 0 Å². The molecule has 1 unspecified atom stereocenters. The zero-order valence-electron chi connectivity index (χ0n) is 41.1. The van der Waals surface area contributed by atoms with Gasteiger partial charge in [-0.05, 0) is 64.2 Å². The Morgan fingerprint density at radius 2 is 0.661 bits per heavy atom. The number of carbonyl (C=O) groups excluding carboxylic acids is 3. The molecule has 0 aromatic rings. The molecule has 0 spiro atoms. The molecule has 0 saturated heterocycles. The molecule has 62 heavy (non-hydrogen) atoms. The van der Waals surface area contributed by atoms with E-state index < -0.39 is 6.10 Å². The number of esters is 3. The molecule has 0 aromatic carbocycles. The molecule has 0 heterocycles. The topological polar surface area (TPSA) is 78.9 Å². The van der Waals surface area contributed by atoms with Crippen molar-refractivity contribution in [3.8, 4) is 0 Å². The Labute approximate surface area is 384 Å². The third-order valence-corrected chi connectivity index (χ3v) is 11.6. The van der Waals surface area contributed by atoms with Crippen LogP contribution in [0.5, 0.6) is 0 Å². The van der Waals surface area contributed by atoms with Crippen LogP contribution >= 0.6 is 0 Å². The van der Waals surface area contributed by atoms with Crippen LogP contribution in [0.3, 0.4) is 0 Å². The van der Waals surface area contributed by atoms with Crippen molar-refractivity contribution in [1.82, 2.24) is 0 Å². The van der Waals surface area contributed by atoms with E-state index in [-0.39, 0.29) is 37.5 Å². The summed E-state index contributed by atoms with van der Waals surface area (Å²) in [6.07, 6.45) is 61.1. The van der Waals surface area contributed by atoms with Gasteiger partial charge in [-0.25, -0.2) is 0 Å². The maximum Gasteiger partial charge on any atom is 0.306 e. The second-order valence-electron chi connectivity index (χ2n) is 17.8. The lowest BCUT2D eigenvalue weighted by Gasteiger charge is -2.18. The average Bonchev–Trinajstić information content (AvgIpc) is 3.27. The Hall–Kier alpha value is -2.63. The lowest BCUT2D eigenvalue weighted by molar-refractivity contribution is -0.166. The van der Waals surface area contributed by atoms with E-state index in [1.807, 2.05) is 6.08 Å². The molecule has 0 saturated carbocycles. The summed E-state index contributed by atoms with van der Waals surface area (Å²) in [5, 5.41) is 0. The van der Waals surface area contributed by atoms with E-state index in [0.717, 1.165) is 70.6 Å². The van der Waals surface area contributed by atoms with Crippen LogP contribution in [0.4, 0.5) is 0 Å². The SMILES string of the molecule is CCCCCCCC/C=C/C/C=C/CCC(=O)OC(COC(=O)CCCCCCC/C=C/C=C/CCCCCCCCC)COC(=O)CCCCCCCCCCCCCCC. The third kappa shape index (κ3) is 48.4. The van der Waals surface area contributed by atoms with Gasteiger partial charge in [-0.1, -0.05) is 236 Å². The van der Waals surface area contributed by atoms with Crippen LogP contribution in [0, 0.1) is 0 Å². The second kappa shape index (κ2) is 51.0. The van der Waals surface area contributed by atoms with Crippen LogP contribution in [0.15, 0.2) is 48.6 Å². The molecule has 0 bridgehead atoms.